The Balaban J connectivity index is 1.65. The maximum atomic E-state index is 5.86. The van der Waals surface area contributed by atoms with E-state index in [0.717, 1.165) is 35.6 Å². The Hall–Kier alpha value is -2.16. The van der Waals surface area contributed by atoms with E-state index in [1.165, 1.54) is 11.1 Å². The highest BCUT2D eigenvalue weighted by molar-refractivity contribution is 5.50. The SMILES string of the molecule is Cc1ccc(OCCCCOc2ccc(C)c(N)c2)cc1C. The molecule has 0 aromatic heterocycles. The molecule has 0 spiro atoms. The Labute approximate surface area is 133 Å². The van der Waals surface area contributed by atoms with Gasteiger partial charge in [0.2, 0.25) is 0 Å². The van der Waals surface area contributed by atoms with Crippen molar-refractivity contribution in [2.75, 3.05) is 18.9 Å². The van der Waals surface area contributed by atoms with Gasteiger partial charge in [0.15, 0.2) is 0 Å². The quantitative estimate of drug-likeness (QED) is 0.607. The summed E-state index contributed by atoms with van der Waals surface area (Å²) in [6.07, 6.45) is 1.92. The Morgan fingerprint density at radius 3 is 1.82 bits per heavy atom. The molecule has 0 fully saturated rings. The summed E-state index contributed by atoms with van der Waals surface area (Å²) in [7, 11) is 0. The number of hydrogen-bond acceptors (Lipinski definition) is 3. The van der Waals surface area contributed by atoms with Crippen molar-refractivity contribution in [2.45, 2.75) is 33.6 Å². The zero-order valence-corrected chi connectivity index (χ0v) is 13.7. The van der Waals surface area contributed by atoms with Gasteiger partial charge in [-0.05, 0) is 68.5 Å². The maximum Gasteiger partial charge on any atom is 0.121 e. The molecule has 0 saturated heterocycles. The lowest BCUT2D eigenvalue weighted by atomic mass is 10.1. The zero-order valence-electron chi connectivity index (χ0n) is 13.7. The third-order valence-electron chi connectivity index (χ3n) is 3.81. The summed E-state index contributed by atoms with van der Waals surface area (Å²) in [6, 6.07) is 12.0. The topological polar surface area (TPSA) is 44.5 Å². The van der Waals surface area contributed by atoms with Gasteiger partial charge < -0.3 is 15.2 Å². The van der Waals surface area contributed by atoms with Gasteiger partial charge in [0.25, 0.3) is 0 Å². The van der Waals surface area contributed by atoms with Crippen LogP contribution in [0.5, 0.6) is 11.5 Å². The van der Waals surface area contributed by atoms with Crippen molar-refractivity contribution in [1.29, 1.82) is 0 Å². The smallest absolute Gasteiger partial charge is 0.121 e. The molecule has 3 nitrogen and oxygen atoms in total. The van der Waals surface area contributed by atoms with E-state index in [1.54, 1.807) is 0 Å². The molecule has 0 saturated carbocycles. The van der Waals surface area contributed by atoms with E-state index in [0.29, 0.717) is 13.2 Å². The summed E-state index contributed by atoms with van der Waals surface area (Å²) in [5.74, 6) is 1.77. The lowest BCUT2D eigenvalue weighted by Gasteiger charge is -2.10. The van der Waals surface area contributed by atoms with Gasteiger partial charge in [-0.2, -0.15) is 0 Å². The third-order valence-corrected chi connectivity index (χ3v) is 3.81. The third kappa shape index (κ3) is 4.69. The van der Waals surface area contributed by atoms with E-state index in [2.05, 4.69) is 26.0 Å². The molecular formula is C19H25NO2. The van der Waals surface area contributed by atoms with Crippen LogP contribution in [0.2, 0.25) is 0 Å². The van der Waals surface area contributed by atoms with Crippen molar-refractivity contribution in [3.8, 4) is 11.5 Å². The lowest BCUT2D eigenvalue weighted by Crippen LogP contribution is -2.03. The fourth-order valence-corrected chi connectivity index (χ4v) is 2.10. The van der Waals surface area contributed by atoms with Crippen LogP contribution in [0.4, 0.5) is 5.69 Å². The molecule has 2 aromatic rings. The van der Waals surface area contributed by atoms with Crippen molar-refractivity contribution < 1.29 is 9.47 Å². The van der Waals surface area contributed by atoms with Gasteiger partial charge in [-0.3, -0.25) is 0 Å². The van der Waals surface area contributed by atoms with E-state index < -0.39 is 0 Å². The van der Waals surface area contributed by atoms with Crippen LogP contribution in [0.25, 0.3) is 0 Å². The molecule has 2 N–H and O–H groups in total. The highest BCUT2D eigenvalue weighted by Gasteiger charge is 1.99. The Kier molecular flexibility index (Phi) is 5.70. The predicted octanol–water partition coefficient (Wildman–Crippen LogP) is 4.43. The lowest BCUT2D eigenvalue weighted by molar-refractivity contribution is 0.266. The standard InChI is InChI=1S/C19H25NO2/c1-14-6-8-17(12-16(14)3)21-10-4-5-11-22-18-9-7-15(2)19(20)13-18/h6-9,12-13H,4-5,10-11,20H2,1-3H3. The predicted molar refractivity (Wildman–Crippen MR) is 91.7 cm³/mol. The number of anilines is 1. The maximum absolute atomic E-state index is 5.86. The van der Waals surface area contributed by atoms with E-state index in [1.807, 2.05) is 31.2 Å². The average molecular weight is 299 g/mol. The molecular weight excluding hydrogens is 274 g/mol. The number of ether oxygens (including phenoxy) is 2. The minimum Gasteiger partial charge on any atom is -0.494 e. The van der Waals surface area contributed by atoms with Crippen LogP contribution in [-0.4, -0.2) is 13.2 Å². The van der Waals surface area contributed by atoms with Gasteiger partial charge in [0, 0.05) is 11.8 Å². The summed E-state index contributed by atoms with van der Waals surface area (Å²) in [5.41, 5.74) is 10.3. The Morgan fingerprint density at radius 1 is 0.727 bits per heavy atom. The van der Waals surface area contributed by atoms with E-state index in [-0.39, 0.29) is 0 Å². The van der Waals surface area contributed by atoms with Crippen LogP contribution in [0.3, 0.4) is 0 Å². The summed E-state index contributed by atoms with van der Waals surface area (Å²) in [6.45, 7) is 7.58. The summed E-state index contributed by atoms with van der Waals surface area (Å²) in [5, 5.41) is 0. The van der Waals surface area contributed by atoms with Crippen LogP contribution in [-0.2, 0) is 0 Å². The molecule has 0 aliphatic carbocycles. The number of benzene rings is 2. The van der Waals surface area contributed by atoms with Gasteiger partial charge in [-0.15, -0.1) is 0 Å². The van der Waals surface area contributed by atoms with Gasteiger partial charge in [-0.1, -0.05) is 12.1 Å². The molecule has 0 unspecified atom stereocenters. The molecule has 0 atom stereocenters. The zero-order chi connectivity index (χ0) is 15.9. The van der Waals surface area contributed by atoms with E-state index in [9.17, 15) is 0 Å². The molecule has 0 radical (unpaired) electrons. The van der Waals surface area contributed by atoms with Crippen molar-refractivity contribution >= 4 is 5.69 Å². The Morgan fingerprint density at radius 2 is 1.27 bits per heavy atom. The molecule has 0 bridgehead atoms. The first-order chi connectivity index (χ1) is 10.6. The monoisotopic (exact) mass is 299 g/mol. The number of unbranched alkanes of at least 4 members (excludes halogenated alkanes) is 1. The van der Waals surface area contributed by atoms with Crippen LogP contribution in [0, 0.1) is 20.8 Å². The van der Waals surface area contributed by atoms with Gasteiger partial charge in [-0.25, -0.2) is 0 Å². The average Bonchev–Trinajstić information content (AvgIpc) is 2.50. The molecule has 0 aliphatic heterocycles. The molecule has 3 heteroatoms. The van der Waals surface area contributed by atoms with Gasteiger partial charge in [0.1, 0.15) is 11.5 Å². The molecule has 2 aromatic carbocycles. The second kappa shape index (κ2) is 7.74. The molecule has 0 amide bonds. The van der Waals surface area contributed by atoms with Crippen molar-refractivity contribution in [3.63, 3.8) is 0 Å². The summed E-state index contributed by atoms with van der Waals surface area (Å²) < 4.78 is 11.4. The van der Waals surface area contributed by atoms with Crippen LogP contribution in [0.1, 0.15) is 29.5 Å². The summed E-state index contributed by atoms with van der Waals surface area (Å²) >= 11 is 0. The number of aryl methyl sites for hydroxylation is 3. The fraction of sp³-hybridized carbons (Fsp3) is 0.368. The van der Waals surface area contributed by atoms with Crippen LogP contribution < -0.4 is 15.2 Å². The minimum absolute atomic E-state index is 0.679. The fourth-order valence-electron chi connectivity index (χ4n) is 2.10. The second-order valence-electron chi connectivity index (χ2n) is 5.67. The van der Waals surface area contributed by atoms with Crippen molar-refractivity contribution in [2.24, 2.45) is 0 Å². The van der Waals surface area contributed by atoms with Crippen LogP contribution >= 0.6 is 0 Å². The normalized spacial score (nSPS) is 10.5. The van der Waals surface area contributed by atoms with Gasteiger partial charge in [0.05, 0.1) is 13.2 Å². The van der Waals surface area contributed by atoms with E-state index >= 15 is 0 Å². The number of rotatable bonds is 7. The highest BCUT2D eigenvalue weighted by Crippen LogP contribution is 2.19. The number of nitrogen functional groups attached to an aromatic ring is 1. The molecule has 22 heavy (non-hydrogen) atoms. The van der Waals surface area contributed by atoms with Crippen molar-refractivity contribution in [3.05, 3.63) is 53.1 Å². The molecule has 0 heterocycles. The first kappa shape index (κ1) is 16.2. The highest BCUT2D eigenvalue weighted by atomic mass is 16.5. The van der Waals surface area contributed by atoms with Crippen molar-refractivity contribution in [1.82, 2.24) is 0 Å². The summed E-state index contributed by atoms with van der Waals surface area (Å²) in [4.78, 5) is 0. The minimum atomic E-state index is 0.679. The molecule has 0 aliphatic rings. The first-order valence-electron chi connectivity index (χ1n) is 7.75. The first-order valence-corrected chi connectivity index (χ1v) is 7.75. The largest absolute Gasteiger partial charge is 0.494 e. The molecule has 118 valence electrons. The van der Waals surface area contributed by atoms with E-state index in [4.69, 9.17) is 15.2 Å². The van der Waals surface area contributed by atoms with Crippen LogP contribution in [0.15, 0.2) is 36.4 Å². The number of hydrogen-bond donors (Lipinski definition) is 1. The van der Waals surface area contributed by atoms with Gasteiger partial charge >= 0.3 is 0 Å². The molecule has 2 rings (SSSR count). The Bertz CT molecular complexity index is 567. The number of nitrogens with two attached hydrogens (primary N) is 1. The second-order valence-corrected chi connectivity index (χ2v) is 5.67.